The summed E-state index contributed by atoms with van der Waals surface area (Å²) in [6.45, 7) is 6.26. The number of fused-ring (bicyclic) bond motifs is 5. The summed E-state index contributed by atoms with van der Waals surface area (Å²) in [5, 5.41) is 10.9. The van der Waals surface area contributed by atoms with Crippen LogP contribution in [0, 0.1) is 0 Å². The molecule has 5 rings (SSSR count). The molecule has 1 aromatic carbocycles. The van der Waals surface area contributed by atoms with Crippen LogP contribution in [0.25, 0.3) is 22.3 Å². The molecule has 3 aromatic rings. The van der Waals surface area contributed by atoms with Crippen LogP contribution in [0.1, 0.15) is 75.1 Å². The van der Waals surface area contributed by atoms with Crippen LogP contribution in [-0.2, 0) is 39.3 Å². The first-order valence-electron chi connectivity index (χ1n) is 12.5. The molecule has 3 heterocycles. The van der Waals surface area contributed by atoms with Gasteiger partial charge in [-0.2, -0.15) is 0 Å². The SMILES string of the molecule is CCCCC(=O)O[C@]1(CC)C(=O)CCc2c1cc1n(c2=O)Cc2c-1nc1ccc(O)cc1c2CC. The molecule has 35 heavy (non-hydrogen) atoms. The fraction of sp³-hybridized carbons (Fsp3) is 0.429. The number of benzene rings is 1. The van der Waals surface area contributed by atoms with Gasteiger partial charge in [-0.1, -0.05) is 27.2 Å². The summed E-state index contributed by atoms with van der Waals surface area (Å²) in [7, 11) is 0. The van der Waals surface area contributed by atoms with Gasteiger partial charge >= 0.3 is 5.97 Å². The van der Waals surface area contributed by atoms with Crippen molar-refractivity contribution in [2.24, 2.45) is 0 Å². The molecule has 7 nitrogen and oxygen atoms in total. The number of carbonyl (C=O) groups is 2. The topological polar surface area (TPSA) is 98.5 Å². The van der Waals surface area contributed by atoms with E-state index in [0.29, 0.717) is 41.9 Å². The van der Waals surface area contributed by atoms with E-state index >= 15 is 0 Å². The number of nitrogens with zero attached hydrogens (tertiary/aromatic N) is 2. The number of unbranched alkanes of at least 4 members (excludes halogenated alkanes) is 1. The Bertz CT molecular complexity index is 1440. The predicted octanol–water partition coefficient (Wildman–Crippen LogP) is 4.55. The maximum Gasteiger partial charge on any atom is 0.307 e. The summed E-state index contributed by atoms with van der Waals surface area (Å²) in [5.74, 6) is -0.391. The second kappa shape index (κ2) is 8.63. The Kier molecular flexibility index (Phi) is 5.74. The smallest absolute Gasteiger partial charge is 0.307 e. The number of phenols is 1. The number of ether oxygens (including phenoxy) is 1. The maximum absolute atomic E-state index is 13.7. The Morgan fingerprint density at radius 2 is 1.94 bits per heavy atom. The molecule has 0 saturated heterocycles. The van der Waals surface area contributed by atoms with Crippen LogP contribution in [0.3, 0.4) is 0 Å². The normalized spacial score (nSPS) is 18.3. The number of rotatable bonds is 6. The minimum absolute atomic E-state index is 0.153. The van der Waals surface area contributed by atoms with E-state index in [1.54, 1.807) is 22.8 Å². The maximum atomic E-state index is 13.7. The van der Waals surface area contributed by atoms with Gasteiger partial charge in [0.1, 0.15) is 5.75 Å². The number of Topliss-reactive ketones (excluding diaryl/α,β-unsaturated/α-hetero) is 1. The minimum Gasteiger partial charge on any atom is -0.508 e. The second-order valence-corrected chi connectivity index (χ2v) is 9.47. The van der Waals surface area contributed by atoms with Gasteiger partial charge in [0, 0.05) is 34.9 Å². The third-order valence-electron chi connectivity index (χ3n) is 7.51. The molecule has 2 aromatic heterocycles. The van der Waals surface area contributed by atoms with Crippen LogP contribution in [0.5, 0.6) is 5.75 Å². The molecule has 182 valence electrons. The van der Waals surface area contributed by atoms with Gasteiger partial charge in [0.2, 0.25) is 0 Å². The number of phenolic OH excluding ortho intramolecular Hbond substituents is 1. The van der Waals surface area contributed by atoms with Crippen molar-refractivity contribution >= 4 is 22.7 Å². The fourth-order valence-corrected chi connectivity index (χ4v) is 5.67. The van der Waals surface area contributed by atoms with Gasteiger partial charge in [-0.15, -0.1) is 0 Å². The van der Waals surface area contributed by atoms with Crippen LogP contribution in [0.4, 0.5) is 0 Å². The number of aromatic nitrogens is 2. The quantitative estimate of drug-likeness (QED) is 0.412. The highest BCUT2D eigenvalue weighted by molar-refractivity contribution is 5.94. The largest absolute Gasteiger partial charge is 0.508 e. The van der Waals surface area contributed by atoms with Crippen molar-refractivity contribution in [3.63, 3.8) is 0 Å². The average Bonchev–Trinajstić information content (AvgIpc) is 3.21. The second-order valence-electron chi connectivity index (χ2n) is 9.47. The Labute approximate surface area is 203 Å². The predicted molar refractivity (Wildman–Crippen MR) is 132 cm³/mol. The molecule has 1 atom stereocenters. The van der Waals surface area contributed by atoms with E-state index in [1.807, 2.05) is 26.8 Å². The van der Waals surface area contributed by atoms with Crippen molar-refractivity contribution < 1.29 is 19.4 Å². The highest BCUT2D eigenvalue weighted by atomic mass is 16.6. The van der Waals surface area contributed by atoms with E-state index in [1.165, 1.54) is 0 Å². The number of carbonyl (C=O) groups excluding carboxylic acids is 2. The number of aromatic hydroxyl groups is 1. The summed E-state index contributed by atoms with van der Waals surface area (Å²) in [6.07, 6.45) is 3.28. The zero-order valence-corrected chi connectivity index (χ0v) is 20.4. The van der Waals surface area contributed by atoms with Crippen LogP contribution >= 0.6 is 0 Å². The molecular weight excluding hydrogens is 444 g/mol. The van der Waals surface area contributed by atoms with Crippen molar-refractivity contribution in [2.45, 2.75) is 77.9 Å². The summed E-state index contributed by atoms with van der Waals surface area (Å²) in [6, 6.07) is 6.95. The molecule has 0 radical (unpaired) electrons. The van der Waals surface area contributed by atoms with Gasteiger partial charge in [0.15, 0.2) is 11.4 Å². The van der Waals surface area contributed by atoms with Gasteiger partial charge < -0.3 is 14.4 Å². The van der Waals surface area contributed by atoms with Crippen molar-refractivity contribution in [3.8, 4) is 17.1 Å². The fourth-order valence-electron chi connectivity index (χ4n) is 5.67. The molecule has 1 N–H and O–H groups in total. The Morgan fingerprint density at radius 3 is 2.66 bits per heavy atom. The molecule has 7 heteroatoms. The van der Waals surface area contributed by atoms with Gasteiger partial charge in [-0.25, -0.2) is 4.98 Å². The summed E-state index contributed by atoms with van der Waals surface area (Å²) in [4.78, 5) is 44.5. The summed E-state index contributed by atoms with van der Waals surface area (Å²) in [5.41, 5.74) is 3.56. The third kappa shape index (κ3) is 3.48. The molecule has 1 aliphatic carbocycles. The zero-order valence-electron chi connectivity index (χ0n) is 20.4. The molecular formula is C28H30N2O5. The standard InChI is InChI=1S/C28H30N2O5/c1-4-7-8-25(33)35-28(6-3)21-14-23-26-20(15-30(23)27(34)18(21)10-12-24(28)32)17(5-2)19-13-16(31)9-11-22(19)29-26/h9,11,13-14,31H,4-8,10,12,15H2,1-3H3/t28-/m0/s1. The van der Waals surface area contributed by atoms with Crippen molar-refractivity contribution in [2.75, 3.05) is 0 Å². The molecule has 0 amide bonds. The lowest BCUT2D eigenvalue weighted by atomic mass is 9.76. The van der Waals surface area contributed by atoms with Crippen molar-refractivity contribution in [1.82, 2.24) is 9.55 Å². The van der Waals surface area contributed by atoms with E-state index in [9.17, 15) is 19.5 Å². The minimum atomic E-state index is -1.44. The third-order valence-corrected chi connectivity index (χ3v) is 7.51. The van der Waals surface area contributed by atoms with Gasteiger partial charge in [0.05, 0.1) is 23.4 Å². The molecule has 0 bridgehead atoms. The first kappa shape index (κ1) is 23.3. The Hall–Kier alpha value is -3.48. The van der Waals surface area contributed by atoms with Gasteiger partial charge in [0.25, 0.3) is 5.56 Å². The number of esters is 1. The molecule has 0 saturated carbocycles. The van der Waals surface area contributed by atoms with Crippen LogP contribution in [0.2, 0.25) is 0 Å². The lowest BCUT2D eigenvalue weighted by Gasteiger charge is -2.36. The van der Waals surface area contributed by atoms with Crippen molar-refractivity contribution in [1.29, 1.82) is 0 Å². The first-order chi connectivity index (χ1) is 16.8. The number of ketones is 1. The number of pyridine rings is 2. The van der Waals surface area contributed by atoms with Gasteiger partial charge in [-0.3, -0.25) is 14.4 Å². The average molecular weight is 475 g/mol. The highest BCUT2D eigenvalue weighted by Crippen LogP contribution is 2.43. The van der Waals surface area contributed by atoms with Crippen LogP contribution < -0.4 is 5.56 Å². The number of hydrogen-bond donors (Lipinski definition) is 1. The molecule has 1 aliphatic heterocycles. The van der Waals surface area contributed by atoms with E-state index in [2.05, 4.69) is 0 Å². The molecule has 2 aliphatic rings. The van der Waals surface area contributed by atoms with Gasteiger partial charge in [-0.05, 0) is 55.5 Å². The van der Waals surface area contributed by atoms with E-state index in [0.717, 1.165) is 34.9 Å². The monoisotopic (exact) mass is 474 g/mol. The van der Waals surface area contributed by atoms with Crippen molar-refractivity contribution in [3.05, 3.63) is 56.9 Å². The lowest BCUT2D eigenvalue weighted by molar-refractivity contribution is -0.170. The van der Waals surface area contributed by atoms with Crippen LogP contribution in [0.15, 0.2) is 29.1 Å². The lowest BCUT2D eigenvalue weighted by Crippen LogP contribution is -2.46. The van der Waals surface area contributed by atoms with E-state index < -0.39 is 11.6 Å². The van der Waals surface area contributed by atoms with E-state index in [4.69, 9.17) is 9.72 Å². The Balaban J connectivity index is 1.73. The van der Waals surface area contributed by atoms with E-state index in [-0.39, 0.29) is 36.4 Å². The molecule has 0 fully saturated rings. The number of hydrogen-bond acceptors (Lipinski definition) is 6. The summed E-state index contributed by atoms with van der Waals surface area (Å²) < 4.78 is 7.64. The highest BCUT2D eigenvalue weighted by Gasteiger charge is 2.48. The molecule has 0 unspecified atom stereocenters. The summed E-state index contributed by atoms with van der Waals surface area (Å²) >= 11 is 0. The Morgan fingerprint density at radius 1 is 1.14 bits per heavy atom. The van der Waals surface area contributed by atoms with Crippen LogP contribution in [-0.4, -0.2) is 26.4 Å². The zero-order chi connectivity index (χ0) is 24.9. The number of aryl methyl sites for hydroxylation is 1. The molecule has 0 spiro atoms. The first-order valence-corrected chi connectivity index (χ1v) is 12.5.